The molecule has 0 unspecified atom stereocenters. The van der Waals surface area contributed by atoms with Crippen LogP contribution in [-0.2, 0) is 12.8 Å². The van der Waals surface area contributed by atoms with Crippen LogP contribution >= 0.6 is 0 Å². The van der Waals surface area contributed by atoms with E-state index in [9.17, 15) is 0 Å². The van der Waals surface area contributed by atoms with Gasteiger partial charge in [-0.05, 0) is 59.4 Å². The summed E-state index contributed by atoms with van der Waals surface area (Å²) in [7, 11) is 0. The molecular formula is C18H17N. The number of aromatic nitrogens is 1. The largest absolute Gasteiger partial charge is 0.265 e. The SMILES string of the molecule is Cc1c(CCc2ccncc2)ccc2ccccc12. The molecule has 0 amide bonds. The van der Waals surface area contributed by atoms with Crippen molar-refractivity contribution in [3.63, 3.8) is 0 Å². The number of fused-ring (bicyclic) bond motifs is 1. The minimum Gasteiger partial charge on any atom is -0.265 e. The molecule has 0 N–H and O–H groups in total. The van der Waals surface area contributed by atoms with E-state index in [0.717, 1.165) is 12.8 Å². The Morgan fingerprint density at radius 2 is 1.63 bits per heavy atom. The Hall–Kier alpha value is -2.15. The molecule has 1 heterocycles. The van der Waals surface area contributed by atoms with Gasteiger partial charge in [0.15, 0.2) is 0 Å². The zero-order valence-corrected chi connectivity index (χ0v) is 11.1. The number of pyridine rings is 1. The molecule has 0 saturated heterocycles. The van der Waals surface area contributed by atoms with E-state index in [4.69, 9.17) is 0 Å². The lowest BCUT2D eigenvalue weighted by Crippen LogP contribution is -1.95. The third-order valence-corrected chi connectivity index (χ3v) is 3.74. The molecular weight excluding hydrogens is 230 g/mol. The van der Waals surface area contributed by atoms with Gasteiger partial charge in [0.1, 0.15) is 0 Å². The van der Waals surface area contributed by atoms with E-state index < -0.39 is 0 Å². The van der Waals surface area contributed by atoms with Gasteiger partial charge in [0.25, 0.3) is 0 Å². The molecule has 94 valence electrons. The van der Waals surface area contributed by atoms with Crippen LogP contribution in [0, 0.1) is 6.92 Å². The molecule has 0 aliphatic rings. The Labute approximate surface area is 113 Å². The van der Waals surface area contributed by atoms with Crippen molar-refractivity contribution in [1.82, 2.24) is 4.98 Å². The Bertz CT molecular complexity index is 686. The molecule has 0 radical (unpaired) electrons. The van der Waals surface area contributed by atoms with Gasteiger partial charge >= 0.3 is 0 Å². The lowest BCUT2D eigenvalue weighted by Gasteiger charge is -2.09. The van der Waals surface area contributed by atoms with Crippen LogP contribution < -0.4 is 0 Å². The summed E-state index contributed by atoms with van der Waals surface area (Å²) in [4.78, 5) is 4.06. The first kappa shape index (κ1) is 11.9. The van der Waals surface area contributed by atoms with E-state index in [-0.39, 0.29) is 0 Å². The first-order valence-electron chi connectivity index (χ1n) is 6.71. The summed E-state index contributed by atoms with van der Waals surface area (Å²) >= 11 is 0. The molecule has 0 aliphatic heterocycles. The first-order valence-corrected chi connectivity index (χ1v) is 6.71. The van der Waals surface area contributed by atoms with Crippen LogP contribution in [0.25, 0.3) is 10.8 Å². The van der Waals surface area contributed by atoms with E-state index in [1.165, 1.54) is 27.5 Å². The van der Waals surface area contributed by atoms with Gasteiger partial charge in [0, 0.05) is 12.4 Å². The highest BCUT2D eigenvalue weighted by atomic mass is 14.6. The number of rotatable bonds is 3. The molecule has 0 saturated carbocycles. The molecule has 0 aliphatic carbocycles. The molecule has 2 aromatic carbocycles. The molecule has 0 spiro atoms. The molecule has 1 aromatic heterocycles. The van der Waals surface area contributed by atoms with E-state index in [0.29, 0.717) is 0 Å². The van der Waals surface area contributed by atoms with Gasteiger partial charge in [-0.25, -0.2) is 0 Å². The molecule has 3 aromatic rings. The lowest BCUT2D eigenvalue weighted by molar-refractivity contribution is 0.948. The van der Waals surface area contributed by atoms with Gasteiger partial charge in [0.2, 0.25) is 0 Å². The van der Waals surface area contributed by atoms with Crippen molar-refractivity contribution in [3.8, 4) is 0 Å². The Balaban J connectivity index is 1.87. The van der Waals surface area contributed by atoms with Gasteiger partial charge < -0.3 is 0 Å². The van der Waals surface area contributed by atoms with Gasteiger partial charge in [-0.3, -0.25) is 4.98 Å². The van der Waals surface area contributed by atoms with Crippen LogP contribution in [0.15, 0.2) is 60.9 Å². The highest BCUT2D eigenvalue weighted by molar-refractivity contribution is 5.86. The van der Waals surface area contributed by atoms with Crippen LogP contribution in [0.4, 0.5) is 0 Å². The second-order valence-electron chi connectivity index (χ2n) is 4.93. The van der Waals surface area contributed by atoms with Crippen molar-refractivity contribution in [1.29, 1.82) is 0 Å². The Morgan fingerprint density at radius 1 is 0.842 bits per heavy atom. The van der Waals surface area contributed by atoms with E-state index in [2.05, 4.69) is 60.4 Å². The highest BCUT2D eigenvalue weighted by Gasteiger charge is 2.03. The average Bonchev–Trinajstić information content (AvgIpc) is 2.48. The third kappa shape index (κ3) is 2.50. The summed E-state index contributed by atoms with van der Waals surface area (Å²) in [5, 5.41) is 2.70. The second-order valence-corrected chi connectivity index (χ2v) is 4.93. The minimum atomic E-state index is 1.07. The predicted octanol–water partition coefficient (Wildman–Crippen LogP) is 4.33. The maximum absolute atomic E-state index is 4.06. The van der Waals surface area contributed by atoms with Crippen LogP contribution in [0.1, 0.15) is 16.7 Å². The fourth-order valence-corrected chi connectivity index (χ4v) is 2.57. The fourth-order valence-electron chi connectivity index (χ4n) is 2.57. The van der Waals surface area contributed by atoms with Gasteiger partial charge in [0.05, 0.1) is 0 Å². The third-order valence-electron chi connectivity index (χ3n) is 3.74. The minimum absolute atomic E-state index is 1.07. The van der Waals surface area contributed by atoms with Crippen molar-refractivity contribution in [3.05, 3.63) is 77.6 Å². The Kier molecular flexibility index (Phi) is 3.28. The van der Waals surface area contributed by atoms with Gasteiger partial charge in [-0.1, -0.05) is 36.4 Å². The van der Waals surface area contributed by atoms with E-state index in [1.54, 1.807) is 0 Å². The quantitative estimate of drug-likeness (QED) is 0.671. The highest BCUT2D eigenvalue weighted by Crippen LogP contribution is 2.22. The number of hydrogen-bond donors (Lipinski definition) is 0. The zero-order chi connectivity index (χ0) is 13.1. The molecule has 3 rings (SSSR count). The number of hydrogen-bond acceptors (Lipinski definition) is 1. The number of nitrogens with zero attached hydrogens (tertiary/aromatic N) is 1. The normalized spacial score (nSPS) is 10.8. The first-order chi connectivity index (χ1) is 9.34. The summed E-state index contributed by atoms with van der Waals surface area (Å²) in [6, 6.07) is 17.3. The molecule has 0 atom stereocenters. The van der Waals surface area contributed by atoms with Crippen molar-refractivity contribution >= 4 is 10.8 Å². The lowest BCUT2D eigenvalue weighted by atomic mass is 9.96. The number of aryl methyl sites for hydroxylation is 3. The standard InChI is InChI=1S/C18H17N/c1-14-16(7-6-15-10-12-19-13-11-15)8-9-17-4-2-3-5-18(14)17/h2-5,8-13H,6-7H2,1H3. The molecule has 0 bridgehead atoms. The summed E-state index contributed by atoms with van der Waals surface area (Å²) in [5.41, 5.74) is 4.20. The monoisotopic (exact) mass is 247 g/mol. The molecule has 19 heavy (non-hydrogen) atoms. The summed E-state index contributed by atoms with van der Waals surface area (Å²) in [6.45, 7) is 2.23. The smallest absolute Gasteiger partial charge is 0.0270 e. The van der Waals surface area contributed by atoms with Crippen LogP contribution in [0.5, 0.6) is 0 Å². The van der Waals surface area contributed by atoms with Crippen LogP contribution in [-0.4, -0.2) is 4.98 Å². The summed E-state index contributed by atoms with van der Waals surface area (Å²) in [6.07, 6.45) is 5.88. The zero-order valence-electron chi connectivity index (χ0n) is 11.1. The second kappa shape index (κ2) is 5.23. The molecule has 0 fully saturated rings. The molecule has 1 nitrogen and oxygen atoms in total. The van der Waals surface area contributed by atoms with Gasteiger partial charge in [-0.15, -0.1) is 0 Å². The maximum atomic E-state index is 4.06. The Morgan fingerprint density at radius 3 is 2.47 bits per heavy atom. The van der Waals surface area contributed by atoms with Crippen molar-refractivity contribution in [2.45, 2.75) is 19.8 Å². The maximum Gasteiger partial charge on any atom is 0.0270 e. The predicted molar refractivity (Wildman–Crippen MR) is 80.3 cm³/mol. The van der Waals surface area contributed by atoms with E-state index >= 15 is 0 Å². The number of benzene rings is 2. The van der Waals surface area contributed by atoms with Crippen molar-refractivity contribution in [2.75, 3.05) is 0 Å². The average molecular weight is 247 g/mol. The summed E-state index contributed by atoms with van der Waals surface area (Å²) in [5.74, 6) is 0. The summed E-state index contributed by atoms with van der Waals surface area (Å²) < 4.78 is 0. The van der Waals surface area contributed by atoms with Crippen LogP contribution in [0.3, 0.4) is 0 Å². The van der Waals surface area contributed by atoms with Gasteiger partial charge in [-0.2, -0.15) is 0 Å². The van der Waals surface area contributed by atoms with Crippen LogP contribution in [0.2, 0.25) is 0 Å². The van der Waals surface area contributed by atoms with Crippen molar-refractivity contribution < 1.29 is 0 Å². The fraction of sp³-hybridized carbons (Fsp3) is 0.167. The molecule has 1 heteroatoms. The topological polar surface area (TPSA) is 12.9 Å². The van der Waals surface area contributed by atoms with E-state index in [1.807, 2.05) is 12.4 Å². The van der Waals surface area contributed by atoms with Crippen molar-refractivity contribution in [2.24, 2.45) is 0 Å².